The van der Waals surface area contributed by atoms with Crippen molar-refractivity contribution >= 4 is 74.5 Å². The zero-order valence-electron chi connectivity index (χ0n) is 22.9. The van der Waals surface area contributed by atoms with Gasteiger partial charge in [0.15, 0.2) is 0 Å². The van der Waals surface area contributed by atoms with E-state index in [4.69, 9.17) is 0 Å². The second-order valence-corrected chi connectivity index (χ2v) is 10.9. The van der Waals surface area contributed by atoms with E-state index in [1.165, 1.54) is 61.3 Å². The average molecular weight is 524 g/mol. The Labute approximate surface area is 242 Å². The summed E-state index contributed by atoms with van der Waals surface area (Å²) in [5.41, 5.74) is 13.5. The molecular weight excluding hydrogens is 495 g/mol. The molecule has 3 heteroatoms. The van der Waals surface area contributed by atoms with Gasteiger partial charge in [0.1, 0.15) is 0 Å². The van der Waals surface area contributed by atoms with Gasteiger partial charge in [0, 0.05) is 45.1 Å². The number of hydrogen-bond acceptors (Lipinski definition) is 2. The largest absolute Gasteiger partial charge is 0.311 e. The van der Waals surface area contributed by atoms with Crippen molar-refractivity contribution in [2.45, 2.75) is 12.8 Å². The highest BCUT2D eigenvalue weighted by Crippen LogP contribution is 2.46. The molecule has 0 radical (unpaired) electrons. The molecular formula is C38H29BN2. The molecule has 0 N–H and O–H groups in total. The fraction of sp³-hybridized carbons (Fsp3) is 0.0526. The van der Waals surface area contributed by atoms with Crippen molar-refractivity contribution in [3.05, 3.63) is 145 Å². The van der Waals surface area contributed by atoms with E-state index < -0.39 is 0 Å². The Bertz CT molecular complexity index is 1950. The fourth-order valence-corrected chi connectivity index (χ4v) is 7.10. The Morgan fingerprint density at radius 2 is 1.41 bits per heavy atom. The van der Waals surface area contributed by atoms with Gasteiger partial charge in [0.05, 0.1) is 0 Å². The minimum Gasteiger partial charge on any atom is -0.311 e. The summed E-state index contributed by atoms with van der Waals surface area (Å²) >= 11 is 0. The lowest BCUT2D eigenvalue weighted by Gasteiger charge is -2.45. The van der Waals surface area contributed by atoms with Crippen LogP contribution in [0.4, 0.5) is 28.4 Å². The summed E-state index contributed by atoms with van der Waals surface area (Å²) in [4.78, 5) is 4.95. The first-order valence-electron chi connectivity index (χ1n) is 14.4. The Balaban J connectivity index is 1.53. The molecule has 5 aromatic rings. The predicted molar refractivity (Wildman–Crippen MR) is 179 cm³/mol. The van der Waals surface area contributed by atoms with E-state index in [0.717, 1.165) is 24.0 Å². The van der Waals surface area contributed by atoms with Crippen molar-refractivity contribution in [2.24, 2.45) is 0 Å². The number of rotatable bonds is 4. The second kappa shape index (κ2) is 9.28. The zero-order chi connectivity index (χ0) is 27.5. The van der Waals surface area contributed by atoms with Crippen molar-refractivity contribution in [1.29, 1.82) is 0 Å². The molecule has 41 heavy (non-hydrogen) atoms. The summed E-state index contributed by atoms with van der Waals surface area (Å²) in [7, 11) is 0. The highest BCUT2D eigenvalue weighted by atomic mass is 15.2. The van der Waals surface area contributed by atoms with Crippen LogP contribution >= 0.6 is 0 Å². The molecule has 0 saturated heterocycles. The van der Waals surface area contributed by atoms with Crippen molar-refractivity contribution in [1.82, 2.24) is 0 Å². The van der Waals surface area contributed by atoms with Crippen LogP contribution in [0.3, 0.4) is 0 Å². The van der Waals surface area contributed by atoms with E-state index in [1.807, 2.05) is 12.2 Å². The maximum Gasteiger partial charge on any atom is 0.252 e. The van der Waals surface area contributed by atoms with E-state index >= 15 is 0 Å². The topological polar surface area (TPSA) is 6.48 Å². The zero-order valence-corrected chi connectivity index (χ0v) is 22.9. The van der Waals surface area contributed by atoms with Gasteiger partial charge in [-0.2, -0.15) is 0 Å². The molecule has 2 heterocycles. The molecule has 2 nitrogen and oxygen atoms in total. The molecule has 0 unspecified atom stereocenters. The highest BCUT2D eigenvalue weighted by Gasteiger charge is 2.44. The van der Waals surface area contributed by atoms with Crippen LogP contribution < -0.4 is 26.2 Å². The summed E-state index contributed by atoms with van der Waals surface area (Å²) in [5, 5.41) is 2.51. The van der Waals surface area contributed by atoms with Crippen molar-refractivity contribution in [2.75, 3.05) is 9.80 Å². The molecule has 2 aliphatic heterocycles. The number of allylic oxidation sites excluding steroid dienone is 3. The molecule has 0 spiro atoms. The molecule has 0 atom stereocenters. The minimum absolute atomic E-state index is 0.0813. The standard InChI is InChI=1S/C38H29BN2/c1-3-26-22-24-32-37(30(26)4-2)40(28-15-7-5-8-16-28)34-20-13-21-35-36(34)39(32)33-25-23-27-14-11-12-19-31(27)38(33)41(35)29-17-9-6-10-18-29/h3-4,6-7,9-25H,1-2,5,8H2. The van der Waals surface area contributed by atoms with Crippen LogP contribution in [0.25, 0.3) is 22.9 Å². The van der Waals surface area contributed by atoms with Crippen molar-refractivity contribution in [3.8, 4) is 0 Å². The van der Waals surface area contributed by atoms with Crippen molar-refractivity contribution in [3.63, 3.8) is 0 Å². The van der Waals surface area contributed by atoms with Gasteiger partial charge in [-0.1, -0.05) is 110 Å². The number of nitrogens with zero attached hydrogens (tertiary/aromatic N) is 2. The van der Waals surface area contributed by atoms with E-state index in [2.05, 4.69) is 138 Å². The Kier molecular flexibility index (Phi) is 5.40. The van der Waals surface area contributed by atoms with Crippen LogP contribution in [-0.4, -0.2) is 6.71 Å². The van der Waals surface area contributed by atoms with Crippen LogP contribution in [0.5, 0.6) is 0 Å². The van der Waals surface area contributed by atoms with Crippen LogP contribution in [0, 0.1) is 0 Å². The summed E-state index contributed by atoms with van der Waals surface area (Å²) in [6.45, 7) is 8.51. The van der Waals surface area contributed by atoms with Crippen LogP contribution in [0.15, 0.2) is 134 Å². The monoisotopic (exact) mass is 524 g/mol. The number of anilines is 5. The minimum atomic E-state index is 0.0813. The second-order valence-electron chi connectivity index (χ2n) is 10.9. The van der Waals surface area contributed by atoms with Gasteiger partial charge >= 0.3 is 0 Å². The Morgan fingerprint density at radius 3 is 2.20 bits per heavy atom. The van der Waals surface area contributed by atoms with Crippen LogP contribution in [-0.2, 0) is 0 Å². The molecule has 3 aliphatic rings. The van der Waals surface area contributed by atoms with E-state index in [0.29, 0.717) is 0 Å². The van der Waals surface area contributed by atoms with E-state index in [9.17, 15) is 0 Å². The van der Waals surface area contributed by atoms with Gasteiger partial charge in [-0.25, -0.2) is 0 Å². The third kappa shape index (κ3) is 3.39. The van der Waals surface area contributed by atoms with Crippen LogP contribution in [0.1, 0.15) is 24.0 Å². The lowest BCUT2D eigenvalue weighted by atomic mass is 9.33. The van der Waals surface area contributed by atoms with Crippen molar-refractivity contribution < 1.29 is 0 Å². The van der Waals surface area contributed by atoms with Crippen LogP contribution in [0.2, 0.25) is 0 Å². The summed E-state index contributed by atoms with van der Waals surface area (Å²) in [6.07, 6.45) is 13.0. The maximum absolute atomic E-state index is 4.28. The molecule has 0 fully saturated rings. The smallest absolute Gasteiger partial charge is 0.252 e. The van der Waals surface area contributed by atoms with E-state index in [-0.39, 0.29) is 6.71 Å². The average Bonchev–Trinajstić information content (AvgIpc) is 3.04. The van der Waals surface area contributed by atoms with Gasteiger partial charge in [-0.3, -0.25) is 0 Å². The first kappa shape index (κ1) is 23.8. The Hall–Kier alpha value is -5.02. The third-order valence-electron chi connectivity index (χ3n) is 8.79. The molecule has 0 bridgehead atoms. The number of benzene rings is 5. The molecule has 8 rings (SSSR count). The molecule has 0 aromatic heterocycles. The molecule has 5 aromatic carbocycles. The predicted octanol–water partition coefficient (Wildman–Crippen LogP) is 8.11. The first-order valence-corrected chi connectivity index (χ1v) is 14.4. The normalized spacial score (nSPS) is 14.7. The maximum atomic E-state index is 4.28. The third-order valence-corrected chi connectivity index (χ3v) is 8.79. The lowest BCUT2D eigenvalue weighted by Crippen LogP contribution is -2.62. The quantitative estimate of drug-likeness (QED) is 0.215. The van der Waals surface area contributed by atoms with Gasteiger partial charge < -0.3 is 9.80 Å². The summed E-state index contributed by atoms with van der Waals surface area (Å²) in [5.74, 6) is 0. The molecule has 194 valence electrons. The molecule has 1 aliphatic carbocycles. The highest BCUT2D eigenvalue weighted by molar-refractivity contribution is 7.00. The molecule has 0 saturated carbocycles. The van der Waals surface area contributed by atoms with E-state index in [1.54, 1.807) is 0 Å². The summed E-state index contributed by atoms with van der Waals surface area (Å²) in [6, 6.07) is 35.5. The van der Waals surface area contributed by atoms with Gasteiger partial charge in [0.2, 0.25) is 0 Å². The number of fused-ring (bicyclic) bond motifs is 6. The van der Waals surface area contributed by atoms with Gasteiger partial charge in [-0.15, -0.1) is 0 Å². The molecule has 0 amide bonds. The van der Waals surface area contributed by atoms with Gasteiger partial charge in [-0.05, 0) is 70.5 Å². The first-order chi connectivity index (χ1) is 20.3. The number of hydrogen-bond donors (Lipinski definition) is 0. The fourth-order valence-electron chi connectivity index (χ4n) is 7.10. The SMILES string of the molecule is C=Cc1ccc2c(c1C=C)N(C1=CCCC=C1)c1cccc3c1B2c1ccc2ccccc2c1N3c1ccccc1. The lowest BCUT2D eigenvalue weighted by molar-refractivity contribution is 0.997. The Morgan fingerprint density at radius 1 is 0.659 bits per heavy atom. The number of para-hydroxylation sites is 1. The van der Waals surface area contributed by atoms with Gasteiger partial charge in [0.25, 0.3) is 6.71 Å². The summed E-state index contributed by atoms with van der Waals surface area (Å²) < 4.78 is 0.